The SMILES string of the molecule is CCN(C)C(=O)Cn1c(=S)[nH]c2cc(Br)c(F)cc21. The first kappa shape index (κ1) is 14.2. The van der Waals surface area contributed by atoms with Crippen molar-refractivity contribution < 1.29 is 9.18 Å². The van der Waals surface area contributed by atoms with Crippen LogP contribution in [0, 0.1) is 10.6 Å². The minimum atomic E-state index is -0.383. The van der Waals surface area contributed by atoms with Crippen LogP contribution in [0.25, 0.3) is 11.0 Å². The molecule has 1 amide bonds. The zero-order chi connectivity index (χ0) is 14.2. The summed E-state index contributed by atoms with van der Waals surface area (Å²) in [5.41, 5.74) is 1.29. The van der Waals surface area contributed by atoms with E-state index >= 15 is 0 Å². The van der Waals surface area contributed by atoms with Gasteiger partial charge in [-0.05, 0) is 41.1 Å². The highest BCUT2D eigenvalue weighted by molar-refractivity contribution is 9.10. The number of nitrogens with one attached hydrogen (secondary N) is 1. The number of nitrogens with zero attached hydrogens (tertiary/aromatic N) is 2. The number of imidazole rings is 1. The van der Waals surface area contributed by atoms with E-state index in [1.807, 2.05) is 6.92 Å². The molecule has 1 aromatic carbocycles. The van der Waals surface area contributed by atoms with Crippen LogP contribution < -0.4 is 0 Å². The number of rotatable bonds is 3. The highest BCUT2D eigenvalue weighted by Gasteiger charge is 2.13. The lowest BCUT2D eigenvalue weighted by Gasteiger charge is -2.15. The summed E-state index contributed by atoms with van der Waals surface area (Å²) in [6.07, 6.45) is 0. The molecule has 4 nitrogen and oxygen atoms in total. The number of aromatic nitrogens is 2. The van der Waals surface area contributed by atoms with E-state index < -0.39 is 0 Å². The zero-order valence-electron chi connectivity index (χ0n) is 10.5. The van der Waals surface area contributed by atoms with Gasteiger partial charge in [-0.25, -0.2) is 4.39 Å². The van der Waals surface area contributed by atoms with Crippen molar-refractivity contribution in [2.45, 2.75) is 13.5 Å². The van der Waals surface area contributed by atoms with Gasteiger partial charge < -0.3 is 14.5 Å². The third kappa shape index (κ3) is 2.71. The molecule has 0 aliphatic rings. The number of aromatic amines is 1. The van der Waals surface area contributed by atoms with Gasteiger partial charge in [-0.15, -0.1) is 0 Å². The van der Waals surface area contributed by atoms with Gasteiger partial charge in [0.15, 0.2) is 4.77 Å². The highest BCUT2D eigenvalue weighted by atomic mass is 79.9. The van der Waals surface area contributed by atoms with Crippen LogP contribution in [-0.4, -0.2) is 34.0 Å². The van der Waals surface area contributed by atoms with Crippen molar-refractivity contribution in [2.24, 2.45) is 0 Å². The Morgan fingerprint density at radius 2 is 2.26 bits per heavy atom. The molecular weight excluding hydrogens is 333 g/mol. The minimum absolute atomic E-state index is 0.0668. The molecule has 1 N–H and O–H groups in total. The summed E-state index contributed by atoms with van der Waals surface area (Å²) in [5.74, 6) is -0.450. The standard InChI is InChI=1S/C12H13BrFN3OS/c1-3-16(2)11(18)6-17-10-5-8(14)7(13)4-9(10)15-12(17)19/h4-5H,3,6H2,1-2H3,(H,15,19). The second-order valence-corrected chi connectivity index (χ2v) is 5.45. The van der Waals surface area contributed by atoms with Crippen molar-refractivity contribution in [3.05, 3.63) is 27.2 Å². The Morgan fingerprint density at radius 1 is 1.58 bits per heavy atom. The van der Waals surface area contributed by atoms with Crippen LogP contribution in [0.2, 0.25) is 0 Å². The number of halogens is 2. The average Bonchev–Trinajstić information content (AvgIpc) is 2.65. The summed E-state index contributed by atoms with van der Waals surface area (Å²) >= 11 is 8.30. The number of benzene rings is 1. The molecule has 0 spiro atoms. The molecule has 19 heavy (non-hydrogen) atoms. The summed E-state index contributed by atoms with van der Waals surface area (Å²) in [7, 11) is 1.72. The van der Waals surface area contributed by atoms with E-state index in [1.165, 1.54) is 6.07 Å². The quantitative estimate of drug-likeness (QED) is 0.868. The van der Waals surface area contributed by atoms with Crippen LogP contribution in [-0.2, 0) is 11.3 Å². The predicted octanol–water partition coefficient (Wildman–Crippen LogP) is 3.08. The van der Waals surface area contributed by atoms with Crippen molar-refractivity contribution in [1.82, 2.24) is 14.5 Å². The fourth-order valence-electron chi connectivity index (χ4n) is 1.74. The molecule has 0 bridgehead atoms. The number of carbonyl (C=O) groups excluding carboxylic acids is 1. The van der Waals surface area contributed by atoms with Gasteiger partial charge in [0.25, 0.3) is 0 Å². The maximum absolute atomic E-state index is 13.6. The molecule has 2 rings (SSSR count). The summed E-state index contributed by atoms with van der Waals surface area (Å²) in [4.78, 5) is 16.5. The first-order chi connectivity index (χ1) is 8.93. The van der Waals surface area contributed by atoms with Crippen molar-refractivity contribution in [2.75, 3.05) is 13.6 Å². The fourth-order valence-corrected chi connectivity index (χ4v) is 2.36. The van der Waals surface area contributed by atoms with Crippen LogP contribution in [0.3, 0.4) is 0 Å². The Hall–Kier alpha value is -1.21. The molecule has 7 heteroatoms. The van der Waals surface area contributed by atoms with Crippen LogP contribution in [0.1, 0.15) is 6.92 Å². The van der Waals surface area contributed by atoms with Gasteiger partial charge in [0.2, 0.25) is 5.91 Å². The Bertz CT molecular complexity index is 694. The molecule has 0 atom stereocenters. The largest absolute Gasteiger partial charge is 0.344 e. The zero-order valence-corrected chi connectivity index (χ0v) is 12.9. The van der Waals surface area contributed by atoms with Gasteiger partial charge in [-0.3, -0.25) is 4.79 Å². The molecule has 0 aliphatic heterocycles. The van der Waals surface area contributed by atoms with E-state index in [2.05, 4.69) is 20.9 Å². The lowest BCUT2D eigenvalue weighted by atomic mass is 10.3. The van der Waals surface area contributed by atoms with Crippen molar-refractivity contribution in [3.63, 3.8) is 0 Å². The summed E-state index contributed by atoms with van der Waals surface area (Å²) in [6, 6.07) is 2.98. The molecular formula is C12H13BrFN3OS. The number of H-pyrrole nitrogens is 1. The summed E-state index contributed by atoms with van der Waals surface area (Å²) in [6.45, 7) is 2.61. The van der Waals surface area contributed by atoms with Gasteiger partial charge in [-0.1, -0.05) is 0 Å². The van der Waals surface area contributed by atoms with Gasteiger partial charge in [0, 0.05) is 19.7 Å². The highest BCUT2D eigenvalue weighted by Crippen LogP contribution is 2.23. The molecule has 102 valence electrons. The van der Waals surface area contributed by atoms with Crippen LogP contribution in [0.5, 0.6) is 0 Å². The van der Waals surface area contributed by atoms with Crippen LogP contribution in [0.15, 0.2) is 16.6 Å². The molecule has 0 unspecified atom stereocenters. The van der Waals surface area contributed by atoms with Gasteiger partial charge >= 0.3 is 0 Å². The van der Waals surface area contributed by atoms with Crippen molar-refractivity contribution in [1.29, 1.82) is 0 Å². The second-order valence-electron chi connectivity index (χ2n) is 4.21. The third-order valence-corrected chi connectivity index (χ3v) is 3.94. The molecule has 0 saturated carbocycles. The van der Waals surface area contributed by atoms with Crippen molar-refractivity contribution >= 4 is 45.1 Å². The number of amides is 1. The molecule has 0 fully saturated rings. The van der Waals surface area contributed by atoms with E-state index in [0.29, 0.717) is 26.8 Å². The van der Waals surface area contributed by atoms with Gasteiger partial charge in [0.1, 0.15) is 12.4 Å². The molecule has 1 heterocycles. The minimum Gasteiger partial charge on any atom is -0.344 e. The monoisotopic (exact) mass is 345 g/mol. The van der Waals surface area contributed by atoms with Gasteiger partial charge in [0.05, 0.1) is 15.5 Å². The normalized spacial score (nSPS) is 10.9. The Labute approximate surface area is 123 Å². The van der Waals surface area contributed by atoms with E-state index in [9.17, 15) is 9.18 Å². The van der Waals surface area contributed by atoms with E-state index in [-0.39, 0.29) is 18.3 Å². The Morgan fingerprint density at radius 3 is 2.89 bits per heavy atom. The molecule has 0 saturated heterocycles. The molecule has 0 aliphatic carbocycles. The molecule has 1 aromatic heterocycles. The number of likely N-dealkylation sites (N-methyl/N-ethyl adjacent to an activating group) is 1. The number of carbonyl (C=O) groups is 1. The number of hydrogen-bond acceptors (Lipinski definition) is 2. The summed E-state index contributed by atoms with van der Waals surface area (Å²) in [5, 5.41) is 0. The lowest BCUT2D eigenvalue weighted by Crippen LogP contribution is -2.29. The lowest BCUT2D eigenvalue weighted by molar-refractivity contribution is -0.130. The maximum Gasteiger partial charge on any atom is 0.242 e. The van der Waals surface area contributed by atoms with E-state index in [4.69, 9.17) is 12.2 Å². The topological polar surface area (TPSA) is 41.0 Å². The van der Waals surface area contributed by atoms with Crippen LogP contribution >= 0.6 is 28.1 Å². The first-order valence-electron chi connectivity index (χ1n) is 5.75. The third-order valence-electron chi connectivity index (χ3n) is 3.01. The summed E-state index contributed by atoms with van der Waals surface area (Å²) < 4.78 is 16.0. The van der Waals surface area contributed by atoms with E-state index in [1.54, 1.807) is 22.6 Å². The first-order valence-corrected chi connectivity index (χ1v) is 6.95. The maximum atomic E-state index is 13.6. The van der Waals surface area contributed by atoms with Crippen molar-refractivity contribution in [3.8, 4) is 0 Å². The predicted molar refractivity (Wildman–Crippen MR) is 78.1 cm³/mol. The number of fused-ring (bicyclic) bond motifs is 1. The van der Waals surface area contributed by atoms with E-state index in [0.717, 1.165) is 0 Å². The molecule has 2 aromatic rings. The van der Waals surface area contributed by atoms with Gasteiger partial charge in [-0.2, -0.15) is 0 Å². The molecule has 0 radical (unpaired) electrons. The smallest absolute Gasteiger partial charge is 0.242 e. The Kier molecular flexibility index (Phi) is 4.05. The fraction of sp³-hybridized carbons (Fsp3) is 0.333. The number of hydrogen-bond donors (Lipinski definition) is 1. The average molecular weight is 346 g/mol. The van der Waals surface area contributed by atoms with Crippen LogP contribution in [0.4, 0.5) is 4.39 Å². The second kappa shape index (κ2) is 5.42. The Balaban J connectivity index is 2.49.